The summed E-state index contributed by atoms with van der Waals surface area (Å²) in [5, 5.41) is 16.7. The van der Waals surface area contributed by atoms with Crippen LogP contribution in [0.2, 0.25) is 0 Å². The van der Waals surface area contributed by atoms with E-state index in [-0.39, 0.29) is 0 Å². The first-order valence-electron chi connectivity index (χ1n) is 7.22. The fraction of sp³-hybridized carbons (Fsp3) is 0.929. The van der Waals surface area contributed by atoms with Crippen molar-refractivity contribution in [2.24, 2.45) is 10.9 Å². The molecule has 0 saturated carbocycles. The van der Waals surface area contributed by atoms with E-state index < -0.39 is 5.60 Å². The molecule has 0 rings (SSSR count). The Kier molecular flexibility index (Phi) is 8.81. The summed E-state index contributed by atoms with van der Waals surface area (Å²) in [6.45, 7) is 12.7. The van der Waals surface area contributed by atoms with Gasteiger partial charge in [0.25, 0.3) is 0 Å². The molecule has 0 atom stereocenters. The zero-order chi connectivity index (χ0) is 14.0. The van der Waals surface area contributed by atoms with Crippen LogP contribution in [0, 0.1) is 5.92 Å². The Morgan fingerprint density at radius 1 is 1.17 bits per heavy atom. The van der Waals surface area contributed by atoms with E-state index in [9.17, 15) is 5.11 Å². The number of hydrogen-bond acceptors (Lipinski definition) is 2. The average Bonchev–Trinajstić information content (AvgIpc) is 2.35. The van der Waals surface area contributed by atoms with Gasteiger partial charge in [-0.1, -0.05) is 27.7 Å². The van der Waals surface area contributed by atoms with Gasteiger partial charge in [-0.3, -0.25) is 4.99 Å². The minimum absolute atomic E-state index is 0.455. The Hall–Kier alpha value is -0.770. The number of rotatable bonds is 8. The molecular formula is C14H31N3O. The first-order valence-corrected chi connectivity index (χ1v) is 7.22. The van der Waals surface area contributed by atoms with E-state index in [2.05, 4.69) is 29.5 Å². The Morgan fingerprint density at radius 2 is 1.78 bits per heavy atom. The highest BCUT2D eigenvalue weighted by Gasteiger charge is 2.21. The van der Waals surface area contributed by atoms with Crippen LogP contribution >= 0.6 is 0 Å². The Morgan fingerprint density at radius 3 is 2.22 bits per heavy atom. The first kappa shape index (κ1) is 17.2. The summed E-state index contributed by atoms with van der Waals surface area (Å²) in [6.07, 6.45) is 2.59. The van der Waals surface area contributed by atoms with E-state index in [0.29, 0.717) is 12.5 Å². The second kappa shape index (κ2) is 9.20. The lowest BCUT2D eigenvalue weighted by atomic mass is 9.98. The normalized spacial score (nSPS) is 12.9. The lowest BCUT2D eigenvalue weighted by molar-refractivity contribution is 0.0418. The number of nitrogens with one attached hydrogen (secondary N) is 2. The van der Waals surface area contributed by atoms with Crippen molar-refractivity contribution in [2.45, 2.75) is 59.5 Å². The van der Waals surface area contributed by atoms with E-state index in [4.69, 9.17) is 0 Å². The number of nitrogens with zero attached hydrogens (tertiary/aromatic N) is 1. The second-order valence-electron chi connectivity index (χ2n) is 5.24. The molecule has 0 amide bonds. The van der Waals surface area contributed by atoms with Crippen LogP contribution in [-0.4, -0.2) is 36.3 Å². The molecule has 3 N–H and O–H groups in total. The summed E-state index contributed by atoms with van der Waals surface area (Å²) in [7, 11) is 0. The van der Waals surface area contributed by atoms with E-state index in [1.807, 2.05) is 20.8 Å². The van der Waals surface area contributed by atoms with Gasteiger partial charge in [-0.25, -0.2) is 0 Å². The van der Waals surface area contributed by atoms with E-state index in [1.54, 1.807) is 0 Å². The molecule has 0 aromatic heterocycles. The minimum atomic E-state index is -0.666. The highest BCUT2D eigenvalue weighted by Crippen LogP contribution is 2.14. The van der Waals surface area contributed by atoms with Gasteiger partial charge in [0.1, 0.15) is 0 Å². The Balaban J connectivity index is 4.30. The van der Waals surface area contributed by atoms with Crippen LogP contribution < -0.4 is 10.6 Å². The maximum Gasteiger partial charge on any atom is 0.191 e. The predicted octanol–water partition coefficient (Wildman–Crippen LogP) is 2.14. The molecule has 0 aromatic carbocycles. The largest absolute Gasteiger partial charge is 0.388 e. The monoisotopic (exact) mass is 257 g/mol. The molecule has 108 valence electrons. The van der Waals surface area contributed by atoms with Gasteiger partial charge in [-0.15, -0.1) is 0 Å². The van der Waals surface area contributed by atoms with E-state index in [1.165, 1.54) is 0 Å². The van der Waals surface area contributed by atoms with Crippen molar-refractivity contribution in [3.63, 3.8) is 0 Å². The van der Waals surface area contributed by atoms with Gasteiger partial charge in [-0.05, 0) is 32.1 Å². The summed E-state index contributed by atoms with van der Waals surface area (Å²) >= 11 is 0. The Bertz CT molecular complexity index is 235. The smallest absolute Gasteiger partial charge is 0.191 e. The third-order valence-corrected chi connectivity index (χ3v) is 3.21. The zero-order valence-corrected chi connectivity index (χ0v) is 12.7. The van der Waals surface area contributed by atoms with Crippen LogP contribution in [0.4, 0.5) is 0 Å². The van der Waals surface area contributed by atoms with Gasteiger partial charge in [0.2, 0.25) is 0 Å². The second-order valence-corrected chi connectivity index (χ2v) is 5.24. The zero-order valence-electron chi connectivity index (χ0n) is 12.7. The number of aliphatic imine (C=N–C) groups is 1. The lowest BCUT2D eigenvalue weighted by Crippen LogP contribution is -2.40. The lowest BCUT2D eigenvalue weighted by Gasteiger charge is -2.23. The minimum Gasteiger partial charge on any atom is -0.388 e. The molecule has 4 heteroatoms. The van der Waals surface area contributed by atoms with E-state index >= 15 is 0 Å². The Labute approximate surface area is 112 Å². The van der Waals surface area contributed by atoms with Crippen LogP contribution in [0.3, 0.4) is 0 Å². The van der Waals surface area contributed by atoms with Crippen molar-refractivity contribution >= 4 is 5.96 Å². The molecule has 0 radical (unpaired) electrons. The molecule has 0 bridgehead atoms. The van der Waals surface area contributed by atoms with Gasteiger partial charge in [-0.2, -0.15) is 0 Å². The van der Waals surface area contributed by atoms with Crippen LogP contribution in [0.1, 0.15) is 53.9 Å². The van der Waals surface area contributed by atoms with Crippen LogP contribution in [0.15, 0.2) is 4.99 Å². The average molecular weight is 257 g/mol. The molecule has 0 spiro atoms. The van der Waals surface area contributed by atoms with Crippen molar-refractivity contribution in [3.8, 4) is 0 Å². The van der Waals surface area contributed by atoms with Gasteiger partial charge < -0.3 is 15.7 Å². The maximum absolute atomic E-state index is 10.2. The molecular weight excluding hydrogens is 226 g/mol. The summed E-state index contributed by atoms with van der Waals surface area (Å²) in [6, 6.07) is 0. The molecule has 0 aliphatic heterocycles. The molecule has 0 aromatic rings. The van der Waals surface area contributed by atoms with Crippen molar-refractivity contribution in [1.29, 1.82) is 0 Å². The first-order chi connectivity index (χ1) is 8.47. The summed E-state index contributed by atoms with van der Waals surface area (Å²) in [5.41, 5.74) is -0.666. The molecule has 0 fully saturated rings. The third kappa shape index (κ3) is 7.54. The van der Waals surface area contributed by atoms with E-state index in [0.717, 1.165) is 38.3 Å². The SMILES string of the molecule is CCNC(=NCC(O)(CC)CC)NCCC(C)C. The molecule has 0 unspecified atom stereocenters. The third-order valence-electron chi connectivity index (χ3n) is 3.21. The fourth-order valence-corrected chi connectivity index (χ4v) is 1.52. The van der Waals surface area contributed by atoms with Crippen molar-refractivity contribution in [2.75, 3.05) is 19.6 Å². The molecule has 0 aliphatic carbocycles. The topological polar surface area (TPSA) is 56.7 Å². The van der Waals surface area contributed by atoms with Gasteiger partial charge in [0.05, 0.1) is 12.1 Å². The highest BCUT2D eigenvalue weighted by atomic mass is 16.3. The summed E-state index contributed by atoms with van der Waals surface area (Å²) in [4.78, 5) is 4.47. The standard InChI is InChI=1S/C14H31N3O/c1-6-14(18,7-2)11-17-13(15-8-3)16-10-9-12(4)5/h12,18H,6-11H2,1-5H3,(H2,15,16,17). The molecule has 0 saturated heterocycles. The van der Waals surface area contributed by atoms with Crippen LogP contribution in [-0.2, 0) is 0 Å². The molecule has 0 heterocycles. The van der Waals surface area contributed by atoms with Gasteiger partial charge in [0.15, 0.2) is 5.96 Å². The summed E-state index contributed by atoms with van der Waals surface area (Å²) in [5.74, 6) is 1.49. The fourth-order valence-electron chi connectivity index (χ4n) is 1.52. The highest BCUT2D eigenvalue weighted by molar-refractivity contribution is 5.79. The molecule has 18 heavy (non-hydrogen) atoms. The van der Waals surface area contributed by atoms with Crippen molar-refractivity contribution in [1.82, 2.24) is 10.6 Å². The molecule has 4 nitrogen and oxygen atoms in total. The van der Waals surface area contributed by atoms with Crippen molar-refractivity contribution < 1.29 is 5.11 Å². The van der Waals surface area contributed by atoms with Gasteiger partial charge >= 0.3 is 0 Å². The quantitative estimate of drug-likeness (QED) is 0.461. The van der Waals surface area contributed by atoms with Crippen LogP contribution in [0.5, 0.6) is 0 Å². The summed E-state index contributed by atoms with van der Waals surface area (Å²) < 4.78 is 0. The maximum atomic E-state index is 10.2. The number of aliphatic hydroxyl groups is 1. The van der Waals surface area contributed by atoms with Gasteiger partial charge in [0, 0.05) is 13.1 Å². The van der Waals surface area contributed by atoms with Crippen LogP contribution in [0.25, 0.3) is 0 Å². The predicted molar refractivity (Wildman–Crippen MR) is 79.0 cm³/mol. The number of guanidine groups is 1. The number of hydrogen-bond donors (Lipinski definition) is 3. The van der Waals surface area contributed by atoms with Crippen molar-refractivity contribution in [3.05, 3.63) is 0 Å². The molecule has 0 aliphatic rings.